The molecule has 0 atom stereocenters. The number of guanidine groups is 1. The molecule has 0 unspecified atom stereocenters. The zero-order valence-corrected chi connectivity index (χ0v) is 16.1. The van der Waals surface area contributed by atoms with Gasteiger partial charge in [-0.25, -0.2) is 4.68 Å². The number of hydrogen-bond acceptors (Lipinski definition) is 8. The molecule has 158 valence electrons. The number of nitrogens with zero attached hydrogens (tertiary/aromatic N) is 6. The molecule has 0 radical (unpaired) electrons. The Kier molecular flexibility index (Phi) is 5.86. The lowest BCUT2D eigenvalue weighted by Gasteiger charge is -2.03. The van der Waals surface area contributed by atoms with Crippen molar-refractivity contribution in [2.45, 2.75) is 0 Å². The average molecular weight is 424 g/mol. The molecule has 13 heteroatoms. The highest BCUT2D eigenvalue weighted by Gasteiger charge is 2.22. The fourth-order valence-corrected chi connectivity index (χ4v) is 2.70. The van der Waals surface area contributed by atoms with Gasteiger partial charge in [0.25, 0.3) is 5.69 Å². The molecule has 3 rings (SSSR count). The van der Waals surface area contributed by atoms with Crippen LogP contribution < -0.4 is 16.2 Å². The number of nitro benzene ring substituents is 2. The van der Waals surface area contributed by atoms with Crippen molar-refractivity contribution in [2.24, 2.45) is 21.7 Å². The van der Waals surface area contributed by atoms with Gasteiger partial charge in [-0.05, 0) is 30.3 Å². The van der Waals surface area contributed by atoms with Crippen molar-refractivity contribution < 1.29 is 14.6 Å². The van der Waals surface area contributed by atoms with Crippen LogP contribution >= 0.6 is 0 Å². The summed E-state index contributed by atoms with van der Waals surface area (Å²) in [5.41, 5.74) is 11.2. The molecule has 0 aliphatic rings. The second-order valence-corrected chi connectivity index (χ2v) is 6.06. The fourth-order valence-electron chi connectivity index (χ4n) is 2.70. The summed E-state index contributed by atoms with van der Waals surface area (Å²) in [5.74, 6) is 0.380. The summed E-state index contributed by atoms with van der Waals surface area (Å²) in [6.07, 6.45) is 2.81. The average Bonchev–Trinajstić information content (AvgIpc) is 3.17. The second-order valence-electron chi connectivity index (χ2n) is 6.06. The Morgan fingerprint density at radius 1 is 1.13 bits per heavy atom. The van der Waals surface area contributed by atoms with Crippen LogP contribution in [-0.2, 0) is 0 Å². The van der Waals surface area contributed by atoms with Crippen molar-refractivity contribution in [2.75, 3.05) is 7.11 Å². The lowest BCUT2D eigenvalue weighted by Crippen LogP contribution is -2.21. The van der Waals surface area contributed by atoms with Gasteiger partial charge in [0, 0.05) is 23.4 Å². The zero-order valence-electron chi connectivity index (χ0n) is 16.1. The van der Waals surface area contributed by atoms with Crippen LogP contribution in [0.3, 0.4) is 0 Å². The monoisotopic (exact) mass is 424 g/mol. The van der Waals surface area contributed by atoms with E-state index in [4.69, 9.17) is 16.2 Å². The molecule has 31 heavy (non-hydrogen) atoms. The summed E-state index contributed by atoms with van der Waals surface area (Å²) in [6, 6.07) is 10.2. The topological polar surface area (TPSA) is 190 Å². The van der Waals surface area contributed by atoms with Crippen LogP contribution in [-0.4, -0.2) is 38.9 Å². The number of non-ortho nitro benzene ring substituents is 1. The molecule has 0 spiro atoms. The first-order valence-electron chi connectivity index (χ1n) is 8.59. The van der Waals surface area contributed by atoms with E-state index in [0.717, 1.165) is 12.1 Å². The van der Waals surface area contributed by atoms with Crippen LogP contribution in [0.15, 0.2) is 58.9 Å². The van der Waals surface area contributed by atoms with Gasteiger partial charge < -0.3 is 16.2 Å². The van der Waals surface area contributed by atoms with Crippen molar-refractivity contribution in [1.82, 2.24) is 9.78 Å². The Labute approximate surface area is 174 Å². The van der Waals surface area contributed by atoms with E-state index in [0.29, 0.717) is 22.6 Å². The predicted molar refractivity (Wildman–Crippen MR) is 112 cm³/mol. The normalized spacial score (nSPS) is 10.7. The number of methoxy groups -OCH3 is 1. The van der Waals surface area contributed by atoms with Crippen LogP contribution in [0, 0.1) is 20.2 Å². The molecule has 0 amide bonds. The Bertz CT molecular complexity index is 1200. The predicted octanol–water partition coefficient (Wildman–Crippen LogP) is 1.97. The summed E-state index contributed by atoms with van der Waals surface area (Å²) in [5, 5.41) is 34.2. The lowest BCUT2D eigenvalue weighted by molar-refractivity contribution is -0.394. The molecule has 1 aromatic heterocycles. The molecule has 13 nitrogen and oxygen atoms in total. The van der Waals surface area contributed by atoms with Crippen molar-refractivity contribution in [1.29, 1.82) is 0 Å². The quantitative estimate of drug-likeness (QED) is 0.249. The van der Waals surface area contributed by atoms with Gasteiger partial charge in [-0.1, -0.05) is 0 Å². The first-order chi connectivity index (χ1) is 14.8. The van der Waals surface area contributed by atoms with Gasteiger partial charge in [-0.2, -0.15) is 10.2 Å². The minimum Gasteiger partial charge on any atom is -0.497 e. The standard InChI is InChI=1S/C18H16N8O5/c1-31-14-5-2-11(3-6-14)17-12(9-21-22-18(19)20)10-24(23-17)15-7-4-13(25(27)28)8-16(15)26(29)30/h2-10H,1H3,(H4,19,20,22). The molecule has 0 aliphatic carbocycles. The highest BCUT2D eigenvalue weighted by atomic mass is 16.6. The highest BCUT2D eigenvalue weighted by molar-refractivity contribution is 5.89. The number of rotatable bonds is 7. The molecule has 2 aromatic carbocycles. The molecule has 0 saturated carbocycles. The highest BCUT2D eigenvalue weighted by Crippen LogP contribution is 2.30. The first kappa shape index (κ1) is 20.9. The second kappa shape index (κ2) is 8.69. The van der Waals surface area contributed by atoms with Crippen LogP contribution in [0.2, 0.25) is 0 Å². The van der Waals surface area contributed by atoms with Crippen LogP contribution in [0.4, 0.5) is 11.4 Å². The van der Waals surface area contributed by atoms with Crippen molar-refractivity contribution >= 4 is 23.5 Å². The van der Waals surface area contributed by atoms with Gasteiger partial charge in [-0.3, -0.25) is 20.2 Å². The van der Waals surface area contributed by atoms with Crippen LogP contribution in [0.5, 0.6) is 5.75 Å². The summed E-state index contributed by atoms with van der Waals surface area (Å²) in [7, 11) is 1.53. The fraction of sp³-hybridized carbons (Fsp3) is 0.0556. The number of hydrogen-bond donors (Lipinski definition) is 2. The van der Waals surface area contributed by atoms with E-state index < -0.39 is 21.2 Å². The van der Waals surface area contributed by atoms with E-state index in [-0.39, 0.29) is 11.6 Å². The molecule has 3 aromatic rings. The summed E-state index contributed by atoms with van der Waals surface area (Å²) < 4.78 is 6.38. The minimum atomic E-state index is -0.718. The van der Waals surface area contributed by atoms with E-state index in [1.807, 2.05) is 0 Å². The van der Waals surface area contributed by atoms with Crippen molar-refractivity contribution in [3.8, 4) is 22.7 Å². The van der Waals surface area contributed by atoms with E-state index in [1.165, 1.54) is 30.3 Å². The van der Waals surface area contributed by atoms with E-state index in [9.17, 15) is 20.2 Å². The molecule has 0 aliphatic heterocycles. The SMILES string of the molecule is COc1ccc(-c2nn(-c3ccc([N+](=O)[O-])cc3[N+](=O)[O-])cc2C=NN=C(N)N)cc1. The van der Waals surface area contributed by atoms with E-state index in [1.54, 1.807) is 24.3 Å². The smallest absolute Gasteiger partial charge is 0.301 e. The Morgan fingerprint density at radius 3 is 2.42 bits per heavy atom. The third kappa shape index (κ3) is 4.61. The molecule has 0 bridgehead atoms. The largest absolute Gasteiger partial charge is 0.497 e. The Morgan fingerprint density at radius 2 is 1.84 bits per heavy atom. The number of nitrogens with two attached hydrogens (primary N) is 2. The molecule has 0 saturated heterocycles. The Hall–Kier alpha value is -4.81. The molecule has 1 heterocycles. The Balaban J connectivity index is 2.17. The maximum absolute atomic E-state index is 11.5. The van der Waals surface area contributed by atoms with Gasteiger partial charge >= 0.3 is 5.69 Å². The number of aromatic nitrogens is 2. The number of ether oxygens (including phenoxy) is 1. The summed E-state index contributed by atoms with van der Waals surface area (Å²) in [4.78, 5) is 21.1. The maximum Gasteiger partial charge on any atom is 0.301 e. The van der Waals surface area contributed by atoms with Crippen molar-refractivity contribution in [3.05, 3.63) is 74.5 Å². The van der Waals surface area contributed by atoms with Crippen molar-refractivity contribution in [3.63, 3.8) is 0 Å². The third-order valence-corrected chi connectivity index (χ3v) is 4.09. The van der Waals surface area contributed by atoms with Gasteiger partial charge in [0.05, 0.1) is 29.2 Å². The number of nitro groups is 2. The molecule has 0 fully saturated rings. The van der Waals surface area contributed by atoms with Gasteiger partial charge in [0.2, 0.25) is 5.96 Å². The molecular formula is C18H16N8O5. The lowest BCUT2D eigenvalue weighted by atomic mass is 10.1. The van der Waals surface area contributed by atoms with E-state index in [2.05, 4.69) is 15.3 Å². The van der Waals surface area contributed by atoms with Crippen LogP contribution in [0.1, 0.15) is 5.56 Å². The van der Waals surface area contributed by atoms with Gasteiger partial charge in [0.15, 0.2) is 0 Å². The van der Waals surface area contributed by atoms with Gasteiger partial charge in [-0.15, -0.1) is 5.10 Å². The van der Waals surface area contributed by atoms with Crippen LogP contribution in [0.25, 0.3) is 16.9 Å². The molecule has 4 N–H and O–H groups in total. The van der Waals surface area contributed by atoms with Gasteiger partial charge in [0.1, 0.15) is 17.1 Å². The minimum absolute atomic E-state index is 0.0341. The maximum atomic E-state index is 11.5. The summed E-state index contributed by atoms with van der Waals surface area (Å²) in [6.45, 7) is 0. The third-order valence-electron chi connectivity index (χ3n) is 4.09. The zero-order chi connectivity index (χ0) is 22.5. The summed E-state index contributed by atoms with van der Waals surface area (Å²) >= 11 is 0. The molecular weight excluding hydrogens is 408 g/mol. The number of benzene rings is 2. The first-order valence-corrected chi connectivity index (χ1v) is 8.59. The van der Waals surface area contributed by atoms with E-state index >= 15 is 0 Å².